The van der Waals surface area contributed by atoms with Crippen molar-refractivity contribution in [3.8, 4) is 0 Å². The van der Waals surface area contributed by atoms with Gasteiger partial charge in [-0.25, -0.2) is 4.68 Å². The van der Waals surface area contributed by atoms with Gasteiger partial charge < -0.3 is 5.32 Å². The van der Waals surface area contributed by atoms with Gasteiger partial charge in [0.25, 0.3) is 5.91 Å². The minimum Gasteiger partial charge on any atom is -0.326 e. The third-order valence-corrected chi connectivity index (χ3v) is 3.74. The van der Waals surface area contributed by atoms with E-state index < -0.39 is 6.04 Å². The maximum atomic E-state index is 12.1. The molecule has 0 unspecified atom stereocenters. The number of nitrogens with zero attached hydrogens (tertiary/aromatic N) is 3. The van der Waals surface area contributed by atoms with Gasteiger partial charge >= 0.3 is 0 Å². The van der Waals surface area contributed by atoms with E-state index in [4.69, 9.17) is 11.6 Å². The lowest BCUT2D eigenvalue weighted by Gasteiger charge is -2.12. The van der Waals surface area contributed by atoms with E-state index in [9.17, 15) is 9.59 Å². The number of benzene rings is 1. The van der Waals surface area contributed by atoms with Crippen LogP contribution in [0, 0.1) is 6.92 Å². The summed E-state index contributed by atoms with van der Waals surface area (Å²) in [5.74, 6) is -0.218. The molecule has 0 spiro atoms. The Kier molecular flexibility index (Phi) is 3.34. The van der Waals surface area contributed by atoms with Crippen molar-refractivity contribution in [2.24, 2.45) is 0 Å². The highest BCUT2D eigenvalue weighted by Crippen LogP contribution is 2.26. The number of hydrogen-bond donors (Lipinski definition) is 2. The van der Waals surface area contributed by atoms with Gasteiger partial charge in [-0.3, -0.25) is 14.9 Å². The van der Waals surface area contributed by atoms with E-state index in [0.717, 1.165) is 5.56 Å². The Bertz CT molecular complexity index is 727. The summed E-state index contributed by atoms with van der Waals surface area (Å²) in [6.45, 7) is 1.82. The van der Waals surface area contributed by atoms with Gasteiger partial charge in [0, 0.05) is 10.7 Å². The molecule has 0 saturated heterocycles. The van der Waals surface area contributed by atoms with Crippen molar-refractivity contribution >= 4 is 35.1 Å². The maximum absolute atomic E-state index is 12.1. The first kappa shape index (κ1) is 13.6. The number of carbonyl (C=O) groups excluding carboxylic acids is 2. The van der Waals surface area contributed by atoms with Gasteiger partial charge in [-0.2, -0.15) is 10.1 Å². The molecule has 2 heterocycles. The number of nitrogens with one attached hydrogen (secondary N) is 2. The molecular weight excluding hydrogens is 294 g/mol. The Morgan fingerprint density at radius 2 is 2.33 bits per heavy atom. The van der Waals surface area contributed by atoms with Crippen molar-refractivity contribution in [3.63, 3.8) is 0 Å². The number of carbonyl (C=O) groups is 2. The van der Waals surface area contributed by atoms with E-state index in [1.165, 1.54) is 11.0 Å². The standard InChI is InChI=1S/C13H12ClN5O2/c1-7-8(14)3-2-4-9(7)17-11(20)5-10-12(21)18-13-15-6-16-19(10)13/h2-4,6,10H,5H2,1H3,(H,17,20)(H,15,16,18,21)/t10-/m0/s1. The van der Waals surface area contributed by atoms with E-state index in [-0.39, 0.29) is 18.2 Å². The van der Waals surface area contributed by atoms with Crippen LogP contribution in [0.1, 0.15) is 18.0 Å². The molecule has 1 aromatic carbocycles. The second-order valence-electron chi connectivity index (χ2n) is 4.70. The minimum absolute atomic E-state index is 0.0197. The number of aromatic nitrogens is 3. The number of anilines is 2. The van der Waals surface area contributed by atoms with Crippen LogP contribution in [0.4, 0.5) is 11.6 Å². The highest BCUT2D eigenvalue weighted by molar-refractivity contribution is 6.31. The van der Waals surface area contributed by atoms with Gasteiger partial charge in [0.2, 0.25) is 11.9 Å². The molecule has 8 heteroatoms. The van der Waals surface area contributed by atoms with Crippen LogP contribution >= 0.6 is 11.6 Å². The Morgan fingerprint density at radius 3 is 3.14 bits per heavy atom. The Morgan fingerprint density at radius 1 is 1.52 bits per heavy atom. The fourth-order valence-electron chi connectivity index (χ4n) is 2.17. The number of fused-ring (bicyclic) bond motifs is 1. The lowest BCUT2D eigenvalue weighted by atomic mass is 10.1. The Balaban J connectivity index is 1.73. The molecule has 21 heavy (non-hydrogen) atoms. The number of halogens is 1. The summed E-state index contributed by atoms with van der Waals surface area (Å²) in [7, 11) is 0. The highest BCUT2D eigenvalue weighted by Gasteiger charge is 2.33. The van der Waals surface area contributed by atoms with Crippen LogP contribution in [-0.4, -0.2) is 26.6 Å². The summed E-state index contributed by atoms with van der Waals surface area (Å²) in [5.41, 5.74) is 1.41. The smallest absolute Gasteiger partial charge is 0.252 e. The molecule has 0 radical (unpaired) electrons. The SMILES string of the molecule is Cc1c(Cl)cccc1NC(=O)C[C@H]1C(=O)Nc2ncnn21. The zero-order chi connectivity index (χ0) is 15.0. The predicted molar refractivity (Wildman–Crippen MR) is 77.1 cm³/mol. The summed E-state index contributed by atoms with van der Waals surface area (Å²) in [6.07, 6.45) is 1.31. The highest BCUT2D eigenvalue weighted by atomic mass is 35.5. The summed E-state index contributed by atoms with van der Waals surface area (Å²) in [5, 5.41) is 9.84. The topological polar surface area (TPSA) is 88.9 Å². The molecule has 0 aliphatic carbocycles. The first-order valence-corrected chi connectivity index (χ1v) is 6.69. The quantitative estimate of drug-likeness (QED) is 0.904. The summed E-state index contributed by atoms with van der Waals surface area (Å²) in [6, 6.07) is 4.58. The molecule has 0 bridgehead atoms. The number of amides is 2. The molecule has 2 aromatic rings. The van der Waals surface area contributed by atoms with E-state index in [1.807, 2.05) is 6.92 Å². The van der Waals surface area contributed by atoms with Crippen LogP contribution in [0.5, 0.6) is 0 Å². The summed E-state index contributed by atoms with van der Waals surface area (Å²) >= 11 is 6.01. The molecule has 0 saturated carbocycles. The first-order chi connectivity index (χ1) is 10.1. The van der Waals surface area contributed by atoms with Crippen molar-refractivity contribution < 1.29 is 9.59 Å². The zero-order valence-corrected chi connectivity index (χ0v) is 11.9. The molecule has 2 amide bonds. The van der Waals surface area contributed by atoms with Crippen LogP contribution < -0.4 is 10.6 Å². The van der Waals surface area contributed by atoms with Crippen LogP contribution in [-0.2, 0) is 9.59 Å². The molecule has 1 aliphatic rings. The predicted octanol–water partition coefficient (Wildman–Crippen LogP) is 1.76. The normalized spacial score (nSPS) is 16.5. The third kappa shape index (κ3) is 2.47. The zero-order valence-electron chi connectivity index (χ0n) is 11.1. The largest absolute Gasteiger partial charge is 0.326 e. The first-order valence-electron chi connectivity index (χ1n) is 6.31. The van der Waals surface area contributed by atoms with Gasteiger partial charge in [-0.05, 0) is 24.6 Å². The molecule has 1 atom stereocenters. The van der Waals surface area contributed by atoms with Gasteiger partial charge in [-0.15, -0.1) is 0 Å². The van der Waals surface area contributed by atoms with Crippen LogP contribution in [0.25, 0.3) is 0 Å². The summed E-state index contributed by atoms with van der Waals surface area (Å²) < 4.78 is 1.41. The molecule has 7 nitrogen and oxygen atoms in total. The summed E-state index contributed by atoms with van der Waals surface area (Å²) in [4.78, 5) is 27.8. The number of hydrogen-bond acceptors (Lipinski definition) is 4. The molecular formula is C13H12ClN5O2. The lowest BCUT2D eigenvalue weighted by molar-refractivity contribution is -0.123. The van der Waals surface area contributed by atoms with Gasteiger partial charge in [0.1, 0.15) is 12.4 Å². The minimum atomic E-state index is -0.679. The third-order valence-electron chi connectivity index (χ3n) is 3.33. The molecule has 1 aliphatic heterocycles. The molecule has 0 fully saturated rings. The van der Waals surface area contributed by atoms with Crippen molar-refractivity contribution in [2.75, 3.05) is 10.6 Å². The average molecular weight is 306 g/mol. The fraction of sp³-hybridized carbons (Fsp3) is 0.231. The lowest BCUT2D eigenvalue weighted by Crippen LogP contribution is -2.23. The molecule has 2 N–H and O–H groups in total. The van der Waals surface area contributed by atoms with E-state index >= 15 is 0 Å². The van der Waals surface area contributed by atoms with Crippen molar-refractivity contribution in [1.29, 1.82) is 0 Å². The Hall–Kier alpha value is -2.41. The second-order valence-corrected chi connectivity index (χ2v) is 5.11. The van der Waals surface area contributed by atoms with E-state index in [1.54, 1.807) is 18.2 Å². The average Bonchev–Trinajstić information content (AvgIpc) is 2.99. The van der Waals surface area contributed by atoms with Gasteiger partial charge in [0.05, 0.1) is 6.42 Å². The molecule has 3 rings (SSSR count). The molecule has 1 aromatic heterocycles. The second kappa shape index (κ2) is 5.17. The fourth-order valence-corrected chi connectivity index (χ4v) is 2.35. The van der Waals surface area contributed by atoms with Crippen LogP contribution in [0.2, 0.25) is 5.02 Å². The number of rotatable bonds is 3. The van der Waals surface area contributed by atoms with Crippen molar-refractivity contribution in [3.05, 3.63) is 35.1 Å². The van der Waals surface area contributed by atoms with Crippen molar-refractivity contribution in [1.82, 2.24) is 14.8 Å². The van der Waals surface area contributed by atoms with Crippen molar-refractivity contribution in [2.45, 2.75) is 19.4 Å². The van der Waals surface area contributed by atoms with Gasteiger partial charge in [0.15, 0.2) is 0 Å². The van der Waals surface area contributed by atoms with Crippen LogP contribution in [0.15, 0.2) is 24.5 Å². The monoisotopic (exact) mass is 305 g/mol. The van der Waals surface area contributed by atoms with E-state index in [2.05, 4.69) is 20.7 Å². The molecule has 108 valence electrons. The maximum Gasteiger partial charge on any atom is 0.252 e. The Labute approximate surface area is 125 Å². The van der Waals surface area contributed by atoms with Crippen LogP contribution in [0.3, 0.4) is 0 Å². The van der Waals surface area contributed by atoms with Gasteiger partial charge in [-0.1, -0.05) is 17.7 Å². The van der Waals surface area contributed by atoms with E-state index in [0.29, 0.717) is 16.7 Å².